The molecule has 0 aliphatic carbocycles. The molecule has 0 aromatic heterocycles. The van der Waals surface area contributed by atoms with Crippen LogP contribution in [-0.4, -0.2) is 5.91 Å². The van der Waals surface area contributed by atoms with Crippen LogP contribution in [0, 0.1) is 11.6 Å². The molecule has 0 saturated carbocycles. The molecule has 0 unspecified atom stereocenters. The van der Waals surface area contributed by atoms with Gasteiger partial charge in [-0.15, -0.1) is 0 Å². The van der Waals surface area contributed by atoms with Crippen molar-refractivity contribution in [3.05, 3.63) is 64.7 Å². The van der Waals surface area contributed by atoms with E-state index in [0.717, 1.165) is 12.1 Å². The lowest BCUT2D eigenvalue weighted by Gasteiger charge is -2.06. The summed E-state index contributed by atoms with van der Waals surface area (Å²) in [6, 6.07) is 8.74. The first kappa shape index (κ1) is 12.5. The summed E-state index contributed by atoms with van der Waals surface area (Å²) in [5.41, 5.74) is 0.433. The highest BCUT2D eigenvalue weighted by molar-refractivity contribution is 6.34. The van der Waals surface area contributed by atoms with Gasteiger partial charge in [-0.05, 0) is 42.5 Å². The Kier molecular flexibility index (Phi) is 3.58. The van der Waals surface area contributed by atoms with E-state index in [1.165, 1.54) is 30.3 Å². The first-order valence-corrected chi connectivity index (χ1v) is 5.46. The second-order valence-electron chi connectivity index (χ2n) is 3.59. The third-order valence-electron chi connectivity index (χ3n) is 2.28. The molecule has 1 N–H and O–H groups in total. The van der Waals surface area contributed by atoms with Gasteiger partial charge in [-0.2, -0.15) is 0 Å². The van der Waals surface area contributed by atoms with Gasteiger partial charge < -0.3 is 5.32 Å². The molecule has 2 aromatic rings. The lowest BCUT2D eigenvalue weighted by molar-refractivity contribution is 0.102. The van der Waals surface area contributed by atoms with Gasteiger partial charge in [-0.3, -0.25) is 4.79 Å². The predicted octanol–water partition coefficient (Wildman–Crippen LogP) is 3.87. The van der Waals surface area contributed by atoms with Crippen molar-refractivity contribution in [1.29, 1.82) is 0 Å². The maximum atomic E-state index is 13.0. The number of halogens is 3. The van der Waals surface area contributed by atoms with Gasteiger partial charge in [0.1, 0.15) is 11.6 Å². The lowest BCUT2D eigenvalue weighted by atomic mass is 10.2. The molecule has 2 aromatic carbocycles. The molecule has 18 heavy (non-hydrogen) atoms. The lowest BCUT2D eigenvalue weighted by Crippen LogP contribution is -2.12. The maximum Gasteiger partial charge on any atom is 0.257 e. The van der Waals surface area contributed by atoms with Gasteiger partial charge in [-0.25, -0.2) is 8.78 Å². The molecule has 2 nitrogen and oxygen atoms in total. The van der Waals surface area contributed by atoms with E-state index in [2.05, 4.69) is 5.32 Å². The van der Waals surface area contributed by atoms with Crippen molar-refractivity contribution in [2.75, 3.05) is 5.32 Å². The second kappa shape index (κ2) is 5.14. The van der Waals surface area contributed by atoms with Gasteiger partial charge in [0.15, 0.2) is 0 Å². The Morgan fingerprint density at radius 2 is 1.61 bits per heavy atom. The van der Waals surface area contributed by atoms with Crippen LogP contribution >= 0.6 is 11.6 Å². The monoisotopic (exact) mass is 267 g/mol. The summed E-state index contributed by atoms with van der Waals surface area (Å²) in [5, 5.41) is 2.65. The zero-order chi connectivity index (χ0) is 13.1. The first-order valence-electron chi connectivity index (χ1n) is 5.08. The van der Waals surface area contributed by atoms with Crippen LogP contribution in [0.5, 0.6) is 0 Å². The van der Waals surface area contributed by atoms with Crippen LogP contribution in [0.15, 0.2) is 42.5 Å². The van der Waals surface area contributed by atoms with E-state index in [0.29, 0.717) is 5.69 Å². The average molecular weight is 268 g/mol. The highest BCUT2D eigenvalue weighted by Crippen LogP contribution is 2.19. The molecular weight excluding hydrogens is 260 g/mol. The van der Waals surface area contributed by atoms with E-state index in [4.69, 9.17) is 11.6 Å². The Morgan fingerprint density at radius 3 is 2.28 bits per heavy atom. The van der Waals surface area contributed by atoms with Gasteiger partial charge >= 0.3 is 0 Å². The normalized spacial score (nSPS) is 10.2. The first-order chi connectivity index (χ1) is 8.56. The minimum absolute atomic E-state index is 0.0287. The molecule has 0 bridgehead atoms. The number of benzene rings is 2. The fourth-order valence-corrected chi connectivity index (χ4v) is 1.61. The second-order valence-corrected chi connectivity index (χ2v) is 3.99. The van der Waals surface area contributed by atoms with Gasteiger partial charge in [0.2, 0.25) is 0 Å². The summed E-state index contributed by atoms with van der Waals surface area (Å²) in [7, 11) is 0. The van der Waals surface area contributed by atoms with E-state index in [1.807, 2.05) is 0 Å². The number of hydrogen-bond donors (Lipinski definition) is 1. The van der Waals surface area contributed by atoms with Gasteiger partial charge in [0.05, 0.1) is 10.6 Å². The highest BCUT2D eigenvalue weighted by Gasteiger charge is 2.11. The summed E-state index contributed by atoms with van der Waals surface area (Å²) in [6.45, 7) is 0. The Morgan fingerprint density at radius 1 is 1.00 bits per heavy atom. The van der Waals surface area contributed by atoms with Crippen molar-refractivity contribution >= 4 is 23.2 Å². The number of amides is 1. The van der Waals surface area contributed by atoms with Crippen molar-refractivity contribution in [2.24, 2.45) is 0 Å². The van der Waals surface area contributed by atoms with Gasteiger partial charge in [-0.1, -0.05) is 11.6 Å². The average Bonchev–Trinajstić information content (AvgIpc) is 2.35. The molecule has 0 fully saturated rings. The number of nitrogens with one attached hydrogen (secondary N) is 1. The van der Waals surface area contributed by atoms with Crippen molar-refractivity contribution in [3.8, 4) is 0 Å². The van der Waals surface area contributed by atoms with Crippen LogP contribution in [0.2, 0.25) is 5.02 Å². The van der Waals surface area contributed by atoms with Crippen molar-refractivity contribution in [1.82, 2.24) is 0 Å². The third-order valence-corrected chi connectivity index (χ3v) is 2.60. The minimum Gasteiger partial charge on any atom is -0.322 e. The van der Waals surface area contributed by atoms with Crippen LogP contribution in [0.1, 0.15) is 10.4 Å². The summed E-state index contributed by atoms with van der Waals surface area (Å²) < 4.78 is 25.7. The molecule has 0 saturated heterocycles. The topological polar surface area (TPSA) is 29.1 Å². The molecule has 1 amide bonds. The molecule has 0 aliphatic rings. The minimum atomic E-state index is -0.552. The summed E-state index contributed by atoms with van der Waals surface area (Å²) in [6.07, 6.45) is 0. The molecule has 0 radical (unpaired) electrons. The molecule has 0 atom stereocenters. The van der Waals surface area contributed by atoms with E-state index >= 15 is 0 Å². The van der Waals surface area contributed by atoms with E-state index in [-0.39, 0.29) is 10.6 Å². The standard InChI is InChI=1S/C13H8ClF2NO/c14-12-6-3-9(16)7-11(12)13(18)17-10-4-1-8(15)2-5-10/h1-7H,(H,17,18). The highest BCUT2D eigenvalue weighted by atomic mass is 35.5. The Hall–Kier alpha value is -1.94. The summed E-state index contributed by atoms with van der Waals surface area (Å²) >= 11 is 5.80. The zero-order valence-electron chi connectivity index (χ0n) is 9.08. The van der Waals surface area contributed by atoms with Crippen molar-refractivity contribution in [3.63, 3.8) is 0 Å². The largest absolute Gasteiger partial charge is 0.322 e. The van der Waals surface area contributed by atoms with E-state index in [9.17, 15) is 13.6 Å². The molecular formula is C13H8ClF2NO. The predicted molar refractivity (Wildman–Crippen MR) is 65.8 cm³/mol. The van der Waals surface area contributed by atoms with Crippen LogP contribution in [0.3, 0.4) is 0 Å². The Labute approximate surface area is 107 Å². The molecule has 0 aliphatic heterocycles. The number of rotatable bonds is 2. The summed E-state index contributed by atoms with van der Waals surface area (Å²) in [5.74, 6) is -1.51. The maximum absolute atomic E-state index is 13.0. The quantitative estimate of drug-likeness (QED) is 0.879. The Bertz CT molecular complexity index is 584. The van der Waals surface area contributed by atoms with E-state index < -0.39 is 17.5 Å². The van der Waals surface area contributed by atoms with Crippen LogP contribution in [0.4, 0.5) is 14.5 Å². The molecule has 0 heterocycles. The number of carbonyl (C=O) groups is 1. The number of carbonyl (C=O) groups excluding carboxylic acids is 1. The number of hydrogen-bond acceptors (Lipinski definition) is 1. The van der Waals surface area contributed by atoms with Gasteiger partial charge in [0, 0.05) is 5.69 Å². The smallest absolute Gasteiger partial charge is 0.257 e. The molecule has 92 valence electrons. The molecule has 0 spiro atoms. The molecule has 5 heteroatoms. The molecule has 2 rings (SSSR count). The third kappa shape index (κ3) is 2.84. The van der Waals surface area contributed by atoms with Crippen LogP contribution < -0.4 is 5.32 Å². The SMILES string of the molecule is O=C(Nc1ccc(F)cc1)c1cc(F)ccc1Cl. The Balaban J connectivity index is 2.21. The number of anilines is 1. The fraction of sp³-hybridized carbons (Fsp3) is 0. The summed E-state index contributed by atoms with van der Waals surface area (Å²) in [4.78, 5) is 11.8. The van der Waals surface area contributed by atoms with Gasteiger partial charge in [0.25, 0.3) is 5.91 Å². The van der Waals surface area contributed by atoms with Crippen LogP contribution in [-0.2, 0) is 0 Å². The zero-order valence-corrected chi connectivity index (χ0v) is 9.84. The van der Waals surface area contributed by atoms with Crippen molar-refractivity contribution in [2.45, 2.75) is 0 Å². The van der Waals surface area contributed by atoms with E-state index in [1.54, 1.807) is 0 Å². The van der Waals surface area contributed by atoms with Crippen LogP contribution in [0.25, 0.3) is 0 Å². The van der Waals surface area contributed by atoms with Crippen molar-refractivity contribution < 1.29 is 13.6 Å². The fourth-order valence-electron chi connectivity index (χ4n) is 1.40.